The van der Waals surface area contributed by atoms with Crippen LogP contribution in [0.25, 0.3) is 10.9 Å². The Bertz CT molecular complexity index is 994. The molecule has 4 rings (SSSR count). The summed E-state index contributed by atoms with van der Waals surface area (Å²) in [7, 11) is 3.33. The topological polar surface area (TPSA) is 51.5 Å². The molecule has 1 amide bonds. The van der Waals surface area contributed by atoms with Crippen LogP contribution in [0.15, 0.2) is 54.7 Å². The van der Waals surface area contributed by atoms with Gasteiger partial charge in [-0.1, -0.05) is 24.3 Å². The molecule has 1 aliphatic heterocycles. The molecular formula is C20H18N2O3S. The van der Waals surface area contributed by atoms with E-state index in [9.17, 15) is 9.59 Å². The maximum absolute atomic E-state index is 12.3. The van der Waals surface area contributed by atoms with Crippen LogP contribution in [0.4, 0.5) is 4.79 Å². The summed E-state index contributed by atoms with van der Waals surface area (Å²) in [6, 6.07) is 15.4. The second kappa shape index (κ2) is 6.53. The molecule has 0 aliphatic carbocycles. The highest BCUT2D eigenvalue weighted by molar-refractivity contribution is 8.26. The average molecular weight is 366 g/mol. The number of amides is 1. The zero-order valence-electron chi connectivity index (χ0n) is 14.5. The van der Waals surface area contributed by atoms with Gasteiger partial charge in [-0.2, -0.15) is 0 Å². The lowest BCUT2D eigenvalue weighted by molar-refractivity contribution is -0.113. The zero-order chi connectivity index (χ0) is 18.3. The van der Waals surface area contributed by atoms with Gasteiger partial charge >= 0.3 is 0 Å². The molecule has 0 saturated carbocycles. The summed E-state index contributed by atoms with van der Waals surface area (Å²) in [5.41, 5.74) is 3.08. The van der Waals surface area contributed by atoms with Gasteiger partial charge in [-0.15, -0.1) is 0 Å². The SMILES string of the molecule is COc1ccc(Cn2ccc3c(C4C(=O)SC(=O)N4C)cccc32)cc1. The summed E-state index contributed by atoms with van der Waals surface area (Å²) >= 11 is 0.782. The van der Waals surface area contributed by atoms with Crippen molar-refractivity contribution in [1.29, 1.82) is 0 Å². The van der Waals surface area contributed by atoms with E-state index in [4.69, 9.17) is 4.74 Å². The van der Waals surface area contributed by atoms with Gasteiger partial charge < -0.3 is 14.2 Å². The number of carbonyl (C=O) groups is 2. The molecule has 0 N–H and O–H groups in total. The van der Waals surface area contributed by atoms with Gasteiger partial charge in [0.2, 0.25) is 5.12 Å². The number of methoxy groups -OCH3 is 1. The Balaban J connectivity index is 1.71. The lowest BCUT2D eigenvalue weighted by Gasteiger charge is -2.18. The van der Waals surface area contributed by atoms with Crippen LogP contribution in [-0.4, -0.2) is 34.0 Å². The van der Waals surface area contributed by atoms with Gasteiger partial charge in [0.05, 0.1) is 7.11 Å². The number of benzene rings is 2. The highest BCUT2D eigenvalue weighted by atomic mass is 32.2. The van der Waals surface area contributed by atoms with Gasteiger partial charge in [0.15, 0.2) is 0 Å². The molecule has 1 saturated heterocycles. The monoisotopic (exact) mass is 366 g/mol. The Labute approximate surface area is 155 Å². The fourth-order valence-corrected chi connectivity index (χ4v) is 4.18. The predicted molar refractivity (Wildman–Crippen MR) is 103 cm³/mol. The second-order valence-electron chi connectivity index (χ2n) is 6.27. The molecule has 1 fully saturated rings. The average Bonchev–Trinajstić information content (AvgIpc) is 3.16. The number of hydrogen-bond donors (Lipinski definition) is 0. The van der Waals surface area contributed by atoms with E-state index in [0.29, 0.717) is 0 Å². The first kappa shape index (κ1) is 16.7. The molecule has 132 valence electrons. The van der Waals surface area contributed by atoms with E-state index in [1.165, 1.54) is 4.90 Å². The molecular weight excluding hydrogens is 348 g/mol. The van der Waals surface area contributed by atoms with Crippen molar-refractivity contribution in [1.82, 2.24) is 9.47 Å². The molecule has 1 unspecified atom stereocenters. The normalized spacial score (nSPS) is 17.3. The maximum Gasteiger partial charge on any atom is 0.289 e. The summed E-state index contributed by atoms with van der Waals surface area (Å²) in [5.74, 6) is 0.832. The largest absolute Gasteiger partial charge is 0.497 e. The molecule has 26 heavy (non-hydrogen) atoms. The summed E-state index contributed by atoms with van der Waals surface area (Å²) in [5, 5.41) is 0.684. The lowest BCUT2D eigenvalue weighted by Crippen LogP contribution is -2.23. The van der Waals surface area contributed by atoms with E-state index in [1.54, 1.807) is 14.2 Å². The van der Waals surface area contributed by atoms with Gasteiger partial charge in [0, 0.05) is 42.5 Å². The molecule has 0 radical (unpaired) electrons. The summed E-state index contributed by atoms with van der Waals surface area (Å²) < 4.78 is 7.35. The van der Waals surface area contributed by atoms with E-state index >= 15 is 0 Å². The number of thioether (sulfide) groups is 1. The molecule has 2 aromatic carbocycles. The van der Waals surface area contributed by atoms with Gasteiger partial charge in [0.1, 0.15) is 11.8 Å². The Morgan fingerprint density at radius 3 is 2.50 bits per heavy atom. The molecule has 0 spiro atoms. The van der Waals surface area contributed by atoms with Crippen LogP contribution in [-0.2, 0) is 11.3 Å². The van der Waals surface area contributed by atoms with Crippen LogP contribution in [0.3, 0.4) is 0 Å². The van der Waals surface area contributed by atoms with Crippen LogP contribution in [0.1, 0.15) is 17.2 Å². The zero-order valence-corrected chi connectivity index (χ0v) is 15.3. The van der Waals surface area contributed by atoms with Crippen molar-refractivity contribution in [3.8, 4) is 5.75 Å². The number of ether oxygens (including phenoxy) is 1. The quantitative estimate of drug-likeness (QED) is 0.699. The number of rotatable bonds is 4. The molecule has 0 bridgehead atoms. The minimum Gasteiger partial charge on any atom is -0.497 e. The van der Waals surface area contributed by atoms with Crippen LogP contribution >= 0.6 is 11.8 Å². The smallest absolute Gasteiger partial charge is 0.289 e. The summed E-state index contributed by atoms with van der Waals surface area (Å²) in [6.45, 7) is 0.721. The number of fused-ring (bicyclic) bond motifs is 1. The minimum absolute atomic E-state index is 0.118. The van der Waals surface area contributed by atoms with Crippen molar-refractivity contribution < 1.29 is 14.3 Å². The first-order valence-electron chi connectivity index (χ1n) is 8.27. The second-order valence-corrected chi connectivity index (χ2v) is 7.23. The van der Waals surface area contributed by atoms with Gasteiger partial charge in [-0.05, 0) is 35.4 Å². The third-order valence-electron chi connectivity index (χ3n) is 4.74. The van der Waals surface area contributed by atoms with E-state index in [-0.39, 0.29) is 10.4 Å². The number of carbonyl (C=O) groups excluding carboxylic acids is 2. The highest BCUT2D eigenvalue weighted by Crippen LogP contribution is 2.38. The van der Waals surface area contributed by atoms with Crippen LogP contribution < -0.4 is 4.74 Å². The first-order valence-corrected chi connectivity index (χ1v) is 9.09. The maximum atomic E-state index is 12.3. The number of nitrogens with zero attached hydrogens (tertiary/aromatic N) is 2. The lowest BCUT2D eigenvalue weighted by atomic mass is 10.0. The fourth-order valence-electron chi connectivity index (χ4n) is 3.36. The molecule has 6 heteroatoms. The Hall–Kier alpha value is -2.73. The third-order valence-corrected chi connectivity index (χ3v) is 5.63. The summed E-state index contributed by atoms with van der Waals surface area (Å²) in [6.07, 6.45) is 2.02. The van der Waals surface area contributed by atoms with Gasteiger partial charge in [0.25, 0.3) is 5.24 Å². The highest BCUT2D eigenvalue weighted by Gasteiger charge is 2.39. The molecule has 3 aromatic rings. The Morgan fingerprint density at radius 1 is 1.08 bits per heavy atom. The first-order chi connectivity index (χ1) is 12.6. The van der Waals surface area contributed by atoms with Gasteiger partial charge in [-0.3, -0.25) is 9.59 Å². The van der Waals surface area contributed by atoms with Crippen molar-refractivity contribution in [3.05, 3.63) is 65.9 Å². The van der Waals surface area contributed by atoms with Crippen LogP contribution in [0.5, 0.6) is 5.75 Å². The minimum atomic E-state index is -0.520. The number of aromatic nitrogens is 1. The third kappa shape index (κ3) is 2.76. The summed E-state index contributed by atoms with van der Waals surface area (Å²) in [4.78, 5) is 25.7. The van der Waals surface area contributed by atoms with Gasteiger partial charge in [-0.25, -0.2) is 0 Å². The molecule has 5 nitrogen and oxygen atoms in total. The molecule has 1 atom stereocenters. The standard InChI is InChI=1S/C20H18N2O3S/c1-21-18(19(23)26-20(21)24)16-4-3-5-17-15(16)10-11-22(17)12-13-6-8-14(25-2)9-7-13/h3-11,18H,12H2,1-2H3. The van der Waals surface area contributed by atoms with E-state index in [1.807, 2.05) is 54.7 Å². The Morgan fingerprint density at radius 2 is 1.85 bits per heavy atom. The fraction of sp³-hybridized carbons (Fsp3) is 0.200. The van der Waals surface area contributed by atoms with Crippen molar-refractivity contribution in [3.63, 3.8) is 0 Å². The van der Waals surface area contributed by atoms with Crippen LogP contribution in [0, 0.1) is 0 Å². The molecule has 2 heterocycles. The van der Waals surface area contributed by atoms with Crippen molar-refractivity contribution >= 4 is 33.0 Å². The van der Waals surface area contributed by atoms with E-state index in [0.717, 1.165) is 46.1 Å². The number of hydrogen-bond acceptors (Lipinski definition) is 4. The molecule has 1 aliphatic rings. The number of likely N-dealkylation sites (N-methyl/N-ethyl adjacent to an activating group) is 1. The molecule has 1 aromatic heterocycles. The van der Waals surface area contributed by atoms with Crippen molar-refractivity contribution in [2.75, 3.05) is 14.2 Å². The predicted octanol–water partition coefficient (Wildman–Crippen LogP) is 4.06. The van der Waals surface area contributed by atoms with E-state index < -0.39 is 6.04 Å². The Kier molecular flexibility index (Phi) is 4.20. The van der Waals surface area contributed by atoms with Crippen molar-refractivity contribution in [2.24, 2.45) is 0 Å². The van der Waals surface area contributed by atoms with Crippen LogP contribution in [0.2, 0.25) is 0 Å². The van der Waals surface area contributed by atoms with E-state index in [2.05, 4.69) is 4.57 Å². The van der Waals surface area contributed by atoms with Crippen molar-refractivity contribution in [2.45, 2.75) is 12.6 Å².